The predicted molar refractivity (Wildman–Crippen MR) is 224 cm³/mol. The first-order chi connectivity index (χ1) is 29.5. The van der Waals surface area contributed by atoms with Crippen LogP contribution in [-0.4, -0.2) is 91.8 Å². The van der Waals surface area contributed by atoms with Gasteiger partial charge in [-0.15, -0.1) is 0 Å². The maximum atomic E-state index is 14.6. The van der Waals surface area contributed by atoms with Crippen LogP contribution >= 0.6 is 0 Å². The molecule has 9 rings (SSSR count). The first kappa shape index (κ1) is 40.8. The number of unbranched alkanes of at least 4 members (excludes halogenated alkanes) is 2. The molecule has 0 saturated carbocycles. The smallest absolute Gasteiger partial charge is 0.264 e. The maximum absolute atomic E-state index is 14.6. The molecular formula is C46H53F2N9O4. The Bertz CT molecular complexity index is 2380. The third-order valence-corrected chi connectivity index (χ3v) is 13.6. The fourth-order valence-electron chi connectivity index (χ4n) is 10.3. The van der Waals surface area contributed by atoms with Gasteiger partial charge in [0.25, 0.3) is 6.43 Å². The number of imide groups is 1. The van der Waals surface area contributed by atoms with Crippen molar-refractivity contribution in [1.82, 2.24) is 40.0 Å². The zero-order valence-electron chi connectivity index (χ0n) is 34.9. The van der Waals surface area contributed by atoms with E-state index in [1.165, 1.54) is 5.69 Å². The summed E-state index contributed by atoms with van der Waals surface area (Å²) in [6.45, 7) is 5.91. The Morgan fingerprint density at radius 2 is 1.90 bits per heavy atom. The van der Waals surface area contributed by atoms with Gasteiger partial charge >= 0.3 is 0 Å². The lowest BCUT2D eigenvalue weighted by atomic mass is 9.71. The molecule has 3 fully saturated rings. The summed E-state index contributed by atoms with van der Waals surface area (Å²) in [6, 6.07) is 3.08. The number of benzene rings is 1. The number of anilines is 2. The fourth-order valence-corrected chi connectivity index (χ4v) is 10.3. The van der Waals surface area contributed by atoms with Gasteiger partial charge in [0.2, 0.25) is 23.6 Å². The molecule has 7 heterocycles. The molecule has 0 spiro atoms. The Morgan fingerprint density at radius 1 is 1.07 bits per heavy atom. The van der Waals surface area contributed by atoms with Crippen LogP contribution in [0.25, 0.3) is 11.1 Å². The second-order valence-electron chi connectivity index (χ2n) is 17.6. The van der Waals surface area contributed by atoms with E-state index in [9.17, 15) is 28.0 Å². The number of halogens is 2. The van der Waals surface area contributed by atoms with Gasteiger partial charge in [0.15, 0.2) is 5.82 Å². The van der Waals surface area contributed by atoms with Crippen molar-refractivity contribution in [3.63, 3.8) is 0 Å². The summed E-state index contributed by atoms with van der Waals surface area (Å²) in [5.74, 6) is 6.35. The molecule has 4 amide bonds. The van der Waals surface area contributed by atoms with Crippen molar-refractivity contribution in [1.29, 1.82) is 0 Å². The summed E-state index contributed by atoms with van der Waals surface area (Å²) in [5, 5.41) is 15.4. The standard InChI is InChI=1S/C46H53F2N9O4/c1-46-28-56(38-14-15-40(58)51-44(38)60)45(61)36(46)12-7-11-31(46)10-5-3-4-6-13-41(59)54-21-17-32(18-22-54)57-37-16-19-49-26-35(37)43(52-57)55-20-8-9-29-23-33(30-25-50-53(2)27-30)34(42(47)48)24-39(29)55/h7,11-12,23-25,27,32,36,38,42,49H,3-4,6,8-9,13-22,26,28H2,1-2H3,(H,51,58,60). The molecule has 3 unspecified atom stereocenters. The number of rotatable bonds is 9. The van der Waals surface area contributed by atoms with Crippen LogP contribution in [0.1, 0.15) is 99.6 Å². The number of aryl methyl sites for hydroxylation is 2. The number of nitrogens with one attached hydrogen (secondary N) is 2. The number of alkyl halides is 2. The molecule has 2 N–H and O–H groups in total. The van der Waals surface area contributed by atoms with Crippen LogP contribution in [0.4, 0.5) is 20.3 Å². The lowest BCUT2D eigenvalue weighted by Crippen LogP contribution is -2.53. The van der Waals surface area contributed by atoms with Crippen molar-refractivity contribution in [3.05, 3.63) is 70.7 Å². The van der Waals surface area contributed by atoms with E-state index in [0.29, 0.717) is 63.1 Å². The molecule has 3 saturated heterocycles. The van der Waals surface area contributed by atoms with Gasteiger partial charge in [-0.25, -0.2) is 8.78 Å². The second-order valence-corrected chi connectivity index (χ2v) is 17.6. The molecule has 13 nitrogen and oxygen atoms in total. The van der Waals surface area contributed by atoms with Crippen LogP contribution in [-0.2, 0) is 45.6 Å². The summed E-state index contributed by atoms with van der Waals surface area (Å²) in [7, 11) is 1.79. The molecule has 3 aromatic rings. The average Bonchev–Trinajstić information content (AvgIpc) is 3.94. The van der Waals surface area contributed by atoms with Gasteiger partial charge in [-0.3, -0.25) is 33.9 Å². The Kier molecular flexibility index (Phi) is 11.1. The lowest BCUT2D eigenvalue weighted by molar-refractivity contribution is -0.144. The van der Waals surface area contributed by atoms with Crippen LogP contribution in [0.15, 0.2) is 48.3 Å². The van der Waals surface area contributed by atoms with E-state index in [2.05, 4.69) is 37.2 Å². The molecule has 61 heavy (non-hydrogen) atoms. The minimum absolute atomic E-state index is 0.00145. The normalized spacial score (nSPS) is 24.0. The Hall–Kier alpha value is -5.62. The van der Waals surface area contributed by atoms with E-state index in [0.717, 1.165) is 79.7 Å². The summed E-state index contributed by atoms with van der Waals surface area (Å²) in [4.78, 5) is 56.8. The monoisotopic (exact) mass is 833 g/mol. The average molecular weight is 834 g/mol. The number of aromatic nitrogens is 4. The van der Waals surface area contributed by atoms with E-state index >= 15 is 0 Å². The number of carbonyl (C=O) groups excluding carboxylic acids is 4. The summed E-state index contributed by atoms with van der Waals surface area (Å²) >= 11 is 0. The molecule has 320 valence electrons. The highest BCUT2D eigenvalue weighted by Gasteiger charge is 2.53. The highest BCUT2D eigenvalue weighted by Crippen LogP contribution is 2.47. The number of carbonyl (C=O) groups is 4. The van der Waals surface area contributed by atoms with E-state index in [-0.39, 0.29) is 35.7 Å². The molecule has 15 heteroatoms. The Labute approximate surface area is 354 Å². The lowest BCUT2D eigenvalue weighted by Gasteiger charge is -2.33. The third-order valence-electron chi connectivity index (χ3n) is 13.6. The topological polar surface area (TPSA) is 138 Å². The van der Waals surface area contributed by atoms with Crippen molar-refractivity contribution in [2.75, 3.05) is 37.6 Å². The highest BCUT2D eigenvalue weighted by molar-refractivity contribution is 6.02. The first-order valence-electron chi connectivity index (χ1n) is 21.8. The number of hydrogen-bond acceptors (Lipinski definition) is 8. The number of piperidine rings is 2. The summed E-state index contributed by atoms with van der Waals surface area (Å²) < 4.78 is 33.0. The van der Waals surface area contributed by atoms with Crippen LogP contribution in [0, 0.1) is 23.2 Å². The SMILES string of the molecule is Cn1cc(-c2cc3c(cc2C(F)F)N(c2nn(C4CCN(C(=O)CCCCC#CC5=CC=CC6C(=O)N(C7CCC(=O)NC7=O)CC56C)CC4)c4c2CNCC4)CCC3)cn1. The minimum atomic E-state index is -2.64. The number of hydrogen-bond donors (Lipinski definition) is 2. The Morgan fingerprint density at radius 3 is 2.67 bits per heavy atom. The van der Waals surface area contributed by atoms with Gasteiger partial charge in [0.05, 0.1) is 18.2 Å². The molecule has 0 bridgehead atoms. The molecular weight excluding hydrogens is 781 g/mol. The van der Waals surface area contributed by atoms with Crippen molar-refractivity contribution >= 4 is 35.1 Å². The van der Waals surface area contributed by atoms with Crippen molar-refractivity contribution < 1.29 is 28.0 Å². The number of likely N-dealkylation sites (tertiary alicyclic amines) is 2. The van der Waals surface area contributed by atoms with Crippen LogP contribution in [0.2, 0.25) is 0 Å². The van der Waals surface area contributed by atoms with Gasteiger partial charge in [-0.1, -0.05) is 37.0 Å². The summed E-state index contributed by atoms with van der Waals surface area (Å²) in [5.41, 5.74) is 5.68. The first-order valence-corrected chi connectivity index (χ1v) is 21.8. The van der Waals surface area contributed by atoms with Gasteiger partial charge < -0.3 is 20.0 Å². The van der Waals surface area contributed by atoms with Crippen LogP contribution in [0.5, 0.6) is 0 Å². The zero-order chi connectivity index (χ0) is 42.4. The molecule has 1 aliphatic carbocycles. The fraction of sp³-hybridized carbons (Fsp3) is 0.522. The molecule has 3 atom stereocenters. The number of amides is 4. The van der Waals surface area contributed by atoms with E-state index < -0.39 is 29.7 Å². The molecule has 6 aliphatic rings. The van der Waals surface area contributed by atoms with Crippen LogP contribution in [0.3, 0.4) is 0 Å². The van der Waals surface area contributed by atoms with Crippen molar-refractivity contribution in [2.24, 2.45) is 18.4 Å². The van der Waals surface area contributed by atoms with E-state index in [1.54, 1.807) is 35.1 Å². The molecule has 5 aliphatic heterocycles. The van der Waals surface area contributed by atoms with Gasteiger partial charge in [0, 0.05) is 117 Å². The number of allylic oxidation sites excluding steroid dienone is 2. The maximum Gasteiger partial charge on any atom is 0.264 e. The Balaban J connectivity index is 0.802. The summed E-state index contributed by atoms with van der Waals surface area (Å²) in [6.07, 6.45) is 13.7. The quantitative estimate of drug-likeness (QED) is 0.165. The van der Waals surface area contributed by atoms with Crippen molar-refractivity contribution in [3.8, 4) is 23.0 Å². The number of fused-ring (bicyclic) bond motifs is 3. The van der Waals surface area contributed by atoms with Gasteiger partial charge in [-0.05, 0) is 68.2 Å². The predicted octanol–water partition coefficient (Wildman–Crippen LogP) is 5.44. The molecule has 2 aromatic heterocycles. The third kappa shape index (κ3) is 7.68. The van der Waals surface area contributed by atoms with Crippen molar-refractivity contribution in [2.45, 2.75) is 103 Å². The van der Waals surface area contributed by atoms with E-state index in [1.807, 2.05) is 36.1 Å². The largest absolute Gasteiger partial charge is 0.343 e. The zero-order valence-corrected chi connectivity index (χ0v) is 34.9. The van der Waals surface area contributed by atoms with E-state index in [4.69, 9.17) is 5.10 Å². The van der Waals surface area contributed by atoms with Crippen LogP contribution < -0.4 is 15.5 Å². The second kappa shape index (κ2) is 16.7. The number of nitrogens with zero attached hydrogens (tertiary/aromatic N) is 7. The molecule has 0 radical (unpaired) electrons. The van der Waals surface area contributed by atoms with Gasteiger partial charge in [0.1, 0.15) is 6.04 Å². The minimum Gasteiger partial charge on any atom is -0.343 e. The molecule has 1 aromatic carbocycles. The van der Waals surface area contributed by atoms with Gasteiger partial charge in [-0.2, -0.15) is 10.2 Å². The highest BCUT2D eigenvalue weighted by atomic mass is 19.3.